The molecule has 0 saturated carbocycles. The van der Waals surface area contributed by atoms with Crippen LogP contribution in [0, 0.1) is 0 Å². The van der Waals surface area contributed by atoms with Gasteiger partial charge in [0.15, 0.2) is 5.78 Å². The molecule has 0 aromatic carbocycles. The molecule has 0 spiro atoms. The number of hydrogen-bond donors (Lipinski definition) is 1. The molecule has 27 heavy (non-hydrogen) atoms. The second kappa shape index (κ2) is 15.9. The van der Waals surface area contributed by atoms with E-state index in [1.165, 1.54) is 6.92 Å². The zero-order chi connectivity index (χ0) is 20.5. The van der Waals surface area contributed by atoms with Gasteiger partial charge >= 0.3 is 5.97 Å². The normalized spacial score (nSPS) is 13.9. The first-order valence-electron chi connectivity index (χ1n) is 10.9. The standard InChI is InChI=1S/C23H42O4/c1-5-6-7-15-18-23(26,21(4)24)19-16-13-11-9-8-10-12-14-17-22(25)27-20(2)3/h13,16,20,26H,5-12,14-15,17-19H2,1-4H3/b16-13-/t23-/m1/s1. The molecule has 4 heteroatoms. The van der Waals surface area contributed by atoms with Crippen molar-refractivity contribution in [2.75, 3.05) is 0 Å². The lowest BCUT2D eigenvalue weighted by Crippen LogP contribution is -2.36. The van der Waals surface area contributed by atoms with E-state index in [0.29, 0.717) is 19.3 Å². The number of hydrogen-bond acceptors (Lipinski definition) is 4. The summed E-state index contributed by atoms with van der Waals surface area (Å²) in [7, 11) is 0. The number of aliphatic hydroxyl groups is 1. The minimum Gasteiger partial charge on any atom is -0.463 e. The van der Waals surface area contributed by atoms with Crippen LogP contribution in [0.2, 0.25) is 0 Å². The van der Waals surface area contributed by atoms with Gasteiger partial charge in [-0.2, -0.15) is 0 Å². The third-order valence-corrected chi connectivity index (χ3v) is 4.84. The van der Waals surface area contributed by atoms with Gasteiger partial charge in [-0.1, -0.05) is 64.0 Å². The maximum Gasteiger partial charge on any atom is 0.306 e. The maximum absolute atomic E-state index is 11.8. The molecule has 0 unspecified atom stereocenters. The molecular formula is C23H42O4. The molecule has 158 valence electrons. The summed E-state index contributed by atoms with van der Waals surface area (Å²) in [6.45, 7) is 7.38. The van der Waals surface area contributed by atoms with Crippen LogP contribution in [0.1, 0.15) is 111 Å². The van der Waals surface area contributed by atoms with Crippen molar-refractivity contribution in [2.24, 2.45) is 0 Å². The molecular weight excluding hydrogens is 340 g/mol. The quantitative estimate of drug-likeness (QED) is 0.193. The lowest BCUT2D eigenvalue weighted by molar-refractivity contribution is -0.147. The Labute approximate surface area is 166 Å². The Hall–Kier alpha value is -1.16. The van der Waals surface area contributed by atoms with E-state index in [1.54, 1.807) is 0 Å². The van der Waals surface area contributed by atoms with E-state index >= 15 is 0 Å². The fourth-order valence-corrected chi connectivity index (χ4v) is 3.05. The summed E-state index contributed by atoms with van der Waals surface area (Å²) in [4.78, 5) is 23.2. The van der Waals surface area contributed by atoms with Crippen LogP contribution in [0.4, 0.5) is 0 Å². The SMILES string of the molecule is CCCCCC[C@@](O)(C/C=C\CCCCCCCC(=O)OC(C)C)C(C)=O. The van der Waals surface area contributed by atoms with Gasteiger partial charge in [0.2, 0.25) is 0 Å². The number of ether oxygens (including phenoxy) is 1. The molecule has 0 amide bonds. The first-order valence-corrected chi connectivity index (χ1v) is 10.9. The Morgan fingerprint density at radius 3 is 2.22 bits per heavy atom. The van der Waals surface area contributed by atoms with E-state index in [-0.39, 0.29) is 17.9 Å². The molecule has 0 aliphatic rings. The number of carbonyl (C=O) groups excluding carboxylic acids is 2. The first-order chi connectivity index (χ1) is 12.8. The summed E-state index contributed by atoms with van der Waals surface area (Å²) in [5, 5.41) is 10.5. The van der Waals surface area contributed by atoms with Crippen molar-refractivity contribution in [3.8, 4) is 0 Å². The molecule has 1 N–H and O–H groups in total. The van der Waals surface area contributed by atoms with E-state index in [4.69, 9.17) is 4.74 Å². The predicted molar refractivity (Wildman–Crippen MR) is 112 cm³/mol. The van der Waals surface area contributed by atoms with Crippen molar-refractivity contribution in [3.63, 3.8) is 0 Å². The van der Waals surface area contributed by atoms with Gasteiger partial charge in [0, 0.05) is 12.8 Å². The van der Waals surface area contributed by atoms with Crippen molar-refractivity contribution in [1.82, 2.24) is 0 Å². The molecule has 0 aliphatic carbocycles. The molecule has 0 heterocycles. The van der Waals surface area contributed by atoms with Crippen molar-refractivity contribution in [1.29, 1.82) is 0 Å². The molecule has 0 bridgehead atoms. The summed E-state index contributed by atoms with van der Waals surface area (Å²) in [5.74, 6) is -0.222. The van der Waals surface area contributed by atoms with Gasteiger partial charge in [-0.15, -0.1) is 0 Å². The highest BCUT2D eigenvalue weighted by atomic mass is 16.5. The first kappa shape index (κ1) is 25.8. The fraction of sp³-hybridized carbons (Fsp3) is 0.826. The van der Waals surface area contributed by atoms with Gasteiger partial charge in [0.1, 0.15) is 5.60 Å². The summed E-state index contributed by atoms with van der Waals surface area (Å²) >= 11 is 0. The Bertz CT molecular complexity index is 428. The van der Waals surface area contributed by atoms with Crippen LogP contribution < -0.4 is 0 Å². The molecule has 4 nitrogen and oxygen atoms in total. The van der Waals surface area contributed by atoms with Crippen LogP contribution in [-0.2, 0) is 14.3 Å². The number of ketones is 1. The summed E-state index contributed by atoms with van der Waals surface area (Å²) < 4.78 is 5.11. The highest BCUT2D eigenvalue weighted by molar-refractivity contribution is 5.84. The number of Topliss-reactive ketones (excluding diaryl/α,β-unsaturated/α-hetero) is 1. The Kier molecular flexibility index (Phi) is 15.2. The number of rotatable bonds is 17. The largest absolute Gasteiger partial charge is 0.463 e. The lowest BCUT2D eigenvalue weighted by Gasteiger charge is -2.23. The highest BCUT2D eigenvalue weighted by Gasteiger charge is 2.30. The van der Waals surface area contributed by atoms with E-state index in [1.807, 2.05) is 19.9 Å². The van der Waals surface area contributed by atoms with Crippen LogP contribution in [0.5, 0.6) is 0 Å². The number of allylic oxidation sites excluding steroid dienone is 1. The second-order valence-electron chi connectivity index (χ2n) is 7.92. The maximum atomic E-state index is 11.8. The molecule has 0 fully saturated rings. The topological polar surface area (TPSA) is 63.6 Å². The number of esters is 1. The number of carbonyl (C=O) groups is 2. The van der Waals surface area contributed by atoms with E-state index in [0.717, 1.165) is 64.2 Å². The fourth-order valence-electron chi connectivity index (χ4n) is 3.05. The molecule has 0 saturated heterocycles. The van der Waals surface area contributed by atoms with E-state index in [9.17, 15) is 14.7 Å². The molecule has 0 rings (SSSR count). The Morgan fingerprint density at radius 2 is 1.59 bits per heavy atom. The average molecular weight is 383 g/mol. The van der Waals surface area contributed by atoms with Gasteiger partial charge in [-0.25, -0.2) is 0 Å². The third kappa shape index (κ3) is 14.6. The monoisotopic (exact) mass is 382 g/mol. The van der Waals surface area contributed by atoms with Gasteiger partial charge in [-0.3, -0.25) is 9.59 Å². The number of unbranched alkanes of at least 4 members (excludes halogenated alkanes) is 8. The second-order valence-corrected chi connectivity index (χ2v) is 7.92. The van der Waals surface area contributed by atoms with Gasteiger partial charge in [0.25, 0.3) is 0 Å². The van der Waals surface area contributed by atoms with Gasteiger partial charge in [0.05, 0.1) is 6.10 Å². The van der Waals surface area contributed by atoms with Crippen LogP contribution in [-0.4, -0.2) is 28.6 Å². The van der Waals surface area contributed by atoms with Crippen molar-refractivity contribution in [2.45, 2.75) is 123 Å². The smallest absolute Gasteiger partial charge is 0.306 e. The van der Waals surface area contributed by atoms with E-state index in [2.05, 4.69) is 13.0 Å². The van der Waals surface area contributed by atoms with Crippen LogP contribution in [0.15, 0.2) is 12.2 Å². The summed E-state index contributed by atoms with van der Waals surface area (Å²) in [5.41, 5.74) is -1.19. The van der Waals surface area contributed by atoms with Gasteiger partial charge < -0.3 is 9.84 Å². The minimum atomic E-state index is -1.19. The molecule has 0 aromatic heterocycles. The highest BCUT2D eigenvalue weighted by Crippen LogP contribution is 2.22. The lowest BCUT2D eigenvalue weighted by atomic mass is 9.88. The Morgan fingerprint density at radius 1 is 0.963 bits per heavy atom. The molecule has 0 radical (unpaired) electrons. The molecule has 0 aromatic rings. The van der Waals surface area contributed by atoms with Crippen molar-refractivity contribution < 1.29 is 19.4 Å². The van der Waals surface area contributed by atoms with Gasteiger partial charge in [-0.05, 0) is 46.5 Å². The van der Waals surface area contributed by atoms with Crippen molar-refractivity contribution >= 4 is 11.8 Å². The third-order valence-electron chi connectivity index (χ3n) is 4.84. The van der Waals surface area contributed by atoms with E-state index < -0.39 is 5.60 Å². The molecule has 1 atom stereocenters. The zero-order valence-electron chi connectivity index (χ0n) is 18.1. The average Bonchev–Trinajstić information content (AvgIpc) is 2.59. The molecule has 0 aliphatic heterocycles. The van der Waals surface area contributed by atoms with Crippen LogP contribution in [0.25, 0.3) is 0 Å². The predicted octanol–water partition coefficient (Wildman–Crippen LogP) is 5.91. The minimum absolute atomic E-state index is 0.0266. The summed E-state index contributed by atoms with van der Waals surface area (Å²) in [6.07, 6.45) is 16.1. The summed E-state index contributed by atoms with van der Waals surface area (Å²) in [6, 6.07) is 0. The zero-order valence-corrected chi connectivity index (χ0v) is 18.1. The van der Waals surface area contributed by atoms with Crippen molar-refractivity contribution in [3.05, 3.63) is 12.2 Å². The van der Waals surface area contributed by atoms with Crippen LogP contribution in [0.3, 0.4) is 0 Å². The Balaban J connectivity index is 3.79. The van der Waals surface area contributed by atoms with Crippen LogP contribution >= 0.6 is 0 Å².